The van der Waals surface area contributed by atoms with E-state index in [1.165, 1.54) is 18.9 Å². The van der Waals surface area contributed by atoms with Gasteiger partial charge >= 0.3 is 5.97 Å². The number of hydrogen-bond donors (Lipinski definition) is 1. The van der Waals surface area contributed by atoms with Crippen LogP contribution in [0.1, 0.15) is 6.42 Å². The molecule has 0 saturated heterocycles. The van der Waals surface area contributed by atoms with Gasteiger partial charge in [0.05, 0.1) is 26.4 Å². The first-order chi connectivity index (χ1) is 12.2. The molecule has 1 aromatic rings. The van der Waals surface area contributed by atoms with Crippen LogP contribution in [-0.4, -0.2) is 62.8 Å². The standard InChI is InChI=1S/C18H24O6S/c1-21-8-9-23-12-24-16-10-14(18(20)22-2)17(11-15(16)19)25-13-6-4-3-5-7-13/h3-7,10,15-17,19H,8-9,11-12H2,1-2H3/t15-,16-,17-/m1/s1. The van der Waals surface area contributed by atoms with E-state index in [1.807, 2.05) is 30.3 Å². The molecule has 1 aliphatic rings. The number of methoxy groups -OCH3 is 2. The van der Waals surface area contributed by atoms with Gasteiger partial charge in [-0.3, -0.25) is 0 Å². The summed E-state index contributed by atoms with van der Waals surface area (Å²) >= 11 is 1.52. The van der Waals surface area contributed by atoms with Crippen LogP contribution in [0.2, 0.25) is 0 Å². The van der Waals surface area contributed by atoms with Gasteiger partial charge in [-0.1, -0.05) is 18.2 Å². The molecule has 1 N–H and O–H groups in total. The summed E-state index contributed by atoms with van der Waals surface area (Å²) in [5.74, 6) is -0.408. The number of hydrogen-bond acceptors (Lipinski definition) is 7. The van der Waals surface area contributed by atoms with Crippen molar-refractivity contribution < 1.29 is 28.8 Å². The summed E-state index contributed by atoms with van der Waals surface area (Å²) in [5.41, 5.74) is 0.503. The fourth-order valence-electron chi connectivity index (χ4n) is 2.46. The van der Waals surface area contributed by atoms with Crippen molar-refractivity contribution in [1.29, 1.82) is 0 Å². The number of aliphatic hydroxyl groups is 1. The molecule has 1 aliphatic carbocycles. The lowest BCUT2D eigenvalue weighted by molar-refractivity contribution is -0.137. The van der Waals surface area contributed by atoms with Gasteiger partial charge in [0, 0.05) is 22.8 Å². The van der Waals surface area contributed by atoms with E-state index in [9.17, 15) is 9.90 Å². The normalized spacial score (nSPS) is 23.2. The molecular weight excluding hydrogens is 344 g/mol. The molecule has 25 heavy (non-hydrogen) atoms. The van der Waals surface area contributed by atoms with E-state index >= 15 is 0 Å². The van der Waals surface area contributed by atoms with Crippen molar-refractivity contribution in [1.82, 2.24) is 0 Å². The number of carbonyl (C=O) groups excluding carboxylic acids is 1. The molecule has 0 radical (unpaired) electrons. The van der Waals surface area contributed by atoms with Crippen molar-refractivity contribution in [3.8, 4) is 0 Å². The van der Waals surface area contributed by atoms with E-state index in [0.717, 1.165) is 4.90 Å². The number of rotatable bonds is 9. The minimum absolute atomic E-state index is 0.0204. The van der Waals surface area contributed by atoms with Crippen LogP contribution >= 0.6 is 11.8 Å². The molecule has 0 bridgehead atoms. The van der Waals surface area contributed by atoms with Gasteiger partial charge in [-0.15, -0.1) is 11.8 Å². The van der Waals surface area contributed by atoms with E-state index in [-0.39, 0.29) is 12.0 Å². The maximum Gasteiger partial charge on any atom is 0.334 e. The molecule has 7 heteroatoms. The summed E-state index contributed by atoms with van der Waals surface area (Å²) in [6.07, 6.45) is 0.702. The fourth-order valence-corrected chi connectivity index (χ4v) is 3.69. The maximum absolute atomic E-state index is 12.1. The first-order valence-corrected chi connectivity index (χ1v) is 8.91. The summed E-state index contributed by atoms with van der Waals surface area (Å²) < 4.78 is 20.6. The molecule has 0 amide bonds. The van der Waals surface area contributed by atoms with Crippen molar-refractivity contribution in [2.75, 3.05) is 34.2 Å². The quantitative estimate of drug-likeness (QED) is 0.406. The average Bonchev–Trinajstić information content (AvgIpc) is 2.63. The van der Waals surface area contributed by atoms with Crippen LogP contribution in [-0.2, 0) is 23.7 Å². The van der Waals surface area contributed by atoms with Crippen LogP contribution in [0.3, 0.4) is 0 Å². The van der Waals surface area contributed by atoms with Crippen molar-refractivity contribution in [3.63, 3.8) is 0 Å². The largest absolute Gasteiger partial charge is 0.466 e. The molecule has 3 atom stereocenters. The Morgan fingerprint density at radius 3 is 2.68 bits per heavy atom. The van der Waals surface area contributed by atoms with Crippen LogP contribution in [0, 0.1) is 0 Å². The van der Waals surface area contributed by atoms with Crippen LogP contribution in [0.15, 0.2) is 46.9 Å². The lowest BCUT2D eigenvalue weighted by atomic mass is 9.94. The molecule has 1 aromatic carbocycles. The average molecular weight is 368 g/mol. The molecule has 0 fully saturated rings. The van der Waals surface area contributed by atoms with Gasteiger partial charge in [-0.05, 0) is 24.6 Å². The zero-order valence-electron chi connectivity index (χ0n) is 14.4. The number of ether oxygens (including phenoxy) is 4. The Morgan fingerprint density at radius 1 is 1.24 bits per heavy atom. The Labute approximate surface area is 152 Å². The molecule has 0 unspecified atom stereocenters. The van der Waals surface area contributed by atoms with Crippen LogP contribution in [0.25, 0.3) is 0 Å². The highest BCUT2D eigenvalue weighted by molar-refractivity contribution is 8.00. The lowest BCUT2D eigenvalue weighted by Crippen LogP contribution is -2.38. The number of carbonyl (C=O) groups is 1. The zero-order valence-corrected chi connectivity index (χ0v) is 15.2. The fraction of sp³-hybridized carbons (Fsp3) is 0.500. The van der Waals surface area contributed by atoms with E-state index in [0.29, 0.717) is 25.2 Å². The Balaban J connectivity index is 2.03. The van der Waals surface area contributed by atoms with E-state index in [2.05, 4.69) is 0 Å². The van der Waals surface area contributed by atoms with Crippen LogP contribution in [0.4, 0.5) is 0 Å². The smallest absolute Gasteiger partial charge is 0.334 e. The van der Waals surface area contributed by atoms with Gasteiger partial charge in [-0.2, -0.15) is 0 Å². The van der Waals surface area contributed by atoms with E-state index in [1.54, 1.807) is 13.2 Å². The molecule has 6 nitrogen and oxygen atoms in total. The third kappa shape index (κ3) is 6.13. The Hall–Kier alpha value is -1.38. The molecule has 0 spiro atoms. The molecule has 0 heterocycles. The summed E-state index contributed by atoms with van der Waals surface area (Å²) in [5, 5.41) is 10.2. The lowest BCUT2D eigenvalue weighted by Gasteiger charge is -2.31. The Kier molecular flexibility index (Phi) is 8.43. The van der Waals surface area contributed by atoms with Gasteiger partial charge in [0.15, 0.2) is 0 Å². The SMILES string of the molecule is COCCOCO[C@@H]1C=C(C(=O)OC)[C@H](Sc2ccccc2)C[C@H]1O. The molecule has 0 aromatic heterocycles. The van der Waals surface area contributed by atoms with Gasteiger partial charge in [0.2, 0.25) is 0 Å². The van der Waals surface area contributed by atoms with Gasteiger partial charge in [0.1, 0.15) is 12.9 Å². The van der Waals surface area contributed by atoms with Crippen molar-refractivity contribution in [2.24, 2.45) is 0 Å². The Morgan fingerprint density at radius 2 is 2.00 bits per heavy atom. The number of thioether (sulfide) groups is 1. The second-order valence-corrected chi connectivity index (χ2v) is 6.76. The van der Waals surface area contributed by atoms with Gasteiger partial charge in [0.25, 0.3) is 0 Å². The van der Waals surface area contributed by atoms with Crippen molar-refractivity contribution in [3.05, 3.63) is 42.0 Å². The summed E-state index contributed by atoms with van der Waals surface area (Å²) in [6, 6.07) is 9.75. The zero-order chi connectivity index (χ0) is 18.1. The maximum atomic E-state index is 12.1. The molecule has 2 rings (SSSR count). The van der Waals surface area contributed by atoms with E-state index < -0.39 is 18.2 Å². The topological polar surface area (TPSA) is 74.2 Å². The second-order valence-electron chi connectivity index (χ2n) is 5.49. The highest BCUT2D eigenvalue weighted by Crippen LogP contribution is 2.36. The van der Waals surface area contributed by atoms with E-state index in [4.69, 9.17) is 18.9 Å². The number of aliphatic hydroxyl groups excluding tert-OH is 1. The highest BCUT2D eigenvalue weighted by Gasteiger charge is 2.34. The van der Waals surface area contributed by atoms with Crippen LogP contribution < -0.4 is 0 Å². The first-order valence-electron chi connectivity index (χ1n) is 8.03. The predicted molar refractivity (Wildman–Crippen MR) is 94.4 cm³/mol. The molecular formula is C18H24O6S. The number of esters is 1. The molecule has 138 valence electrons. The monoisotopic (exact) mass is 368 g/mol. The van der Waals surface area contributed by atoms with Gasteiger partial charge < -0.3 is 24.1 Å². The number of benzene rings is 1. The summed E-state index contributed by atoms with van der Waals surface area (Å²) in [7, 11) is 2.94. The summed E-state index contributed by atoms with van der Waals surface area (Å²) in [6.45, 7) is 0.890. The summed E-state index contributed by atoms with van der Waals surface area (Å²) in [4.78, 5) is 13.2. The van der Waals surface area contributed by atoms with Gasteiger partial charge in [-0.25, -0.2) is 4.79 Å². The second kappa shape index (κ2) is 10.6. The third-order valence-electron chi connectivity index (χ3n) is 3.74. The minimum Gasteiger partial charge on any atom is -0.466 e. The predicted octanol–water partition coefficient (Wildman–Crippen LogP) is 2.02. The Bertz CT molecular complexity index is 562. The third-order valence-corrected chi connectivity index (χ3v) is 5.02. The molecule has 0 saturated carbocycles. The highest BCUT2D eigenvalue weighted by atomic mass is 32.2. The minimum atomic E-state index is -0.722. The molecule has 0 aliphatic heterocycles. The van der Waals surface area contributed by atoms with Crippen molar-refractivity contribution >= 4 is 17.7 Å². The first kappa shape index (κ1) is 19.9. The van der Waals surface area contributed by atoms with Crippen molar-refractivity contribution in [2.45, 2.75) is 28.8 Å². The van der Waals surface area contributed by atoms with Crippen LogP contribution in [0.5, 0.6) is 0 Å².